The largest absolute Gasteiger partial charge is 0.495 e. The highest BCUT2D eigenvalue weighted by Gasteiger charge is 2.03. The van der Waals surface area contributed by atoms with Gasteiger partial charge in [-0.3, -0.25) is 0 Å². The molecule has 23 heavy (non-hydrogen) atoms. The van der Waals surface area contributed by atoms with E-state index in [4.69, 9.17) is 9.47 Å². The monoisotopic (exact) mass is 314 g/mol. The van der Waals surface area contributed by atoms with Crippen LogP contribution in [0.1, 0.15) is 19.8 Å². The summed E-state index contributed by atoms with van der Waals surface area (Å²) in [6, 6.07) is 16.0. The molecule has 0 spiro atoms. The molecular weight excluding hydrogens is 288 g/mol. The van der Waals surface area contributed by atoms with E-state index in [1.54, 1.807) is 7.11 Å². The lowest BCUT2D eigenvalue weighted by atomic mass is 10.2. The van der Waals surface area contributed by atoms with E-state index in [0.717, 1.165) is 55.4 Å². The van der Waals surface area contributed by atoms with Gasteiger partial charge >= 0.3 is 0 Å². The molecule has 0 radical (unpaired) electrons. The summed E-state index contributed by atoms with van der Waals surface area (Å²) in [5, 5.41) is 6.80. The van der Waals surface area contributed by atoms with E-state index < -0.39 is 0 Å². The van der Waals surface area contributed by atoms with Crippen molar-refractivity contribution in [3.63, 3.8) is 0 Å². The molecule has 4 heteroatoms. The Bertz CT molecular complexity index is 587. The van der Waals surface area contributed by atoms with Gasteiger partial charge in [0.1, 0.15) is 11.5 Å². The molecule has 0 bridgehead atoms. The number of ether oxygens (including phenoxy) is 2. The third-order valence-electron chi connectivity index (χ3n) is 3.51. The minimum atomic E-state index is 0.759. The van der Waals surface area contributed by atoms with E-state index in [2.05, 4.69) is 17.6 Å². The maximum Gasteiger partial charge on any atom is 0.142 e. The lowest BCUT2D eigenvalue weighted by Crippen LogP contribution is -2.14. The first-order valence-electron chi connectivity index (χ1n) is 8.17. The van der Waals surface area contributed by atoms with E-state index in [0.29, 0.717) is 0 Å². The van der Waals surface area contributed by atoms with Gasteiger partial charge in [-0.15, -0.1) is 0 Å². The van der Waals surface area contributed by atoms with E-state index in [1.807, 2.05) is 48.5 Å². The molecule has 0 aliphatic rings. The molecule has 2 aromatic carbocycles. The van der Waals surface area contributed by atoms with Crippen molar-refractivity contribution in [1.29, 1.82) is 0 Å². The molecule has 0 heterocycles. The van der Waals surface area contributed by atoms with E-state index in [-0.39, 0.29) is 0 Å². The zero-order valence-corrected chi connectivity index (χ0v) is 14.0. The molecule has 0 aliphatic heterocycles. The number of benzene rings is 2. The van der Waals surface area contributed by atoms with Crippen LogP contribution < -0.4 is 20.1 Å². The second-order valence-electron chi connectivity index (χ2n) is 5.25. The minimum Gasteiger partial charge on any atom is -0.495 e. The second kappa shape index (κ2) is 9.62. The molecule has 0 saturated carbocycles. The summed E-state index contributed by atoms with van der Waals surface area (Å²) in [7, 11) is 1.68. The maximum absolute atomic E-state index is 5.83. The zero-order chi connectivity index (χ0) is 16.3. The van der Waals surface area contributed by atoms with Crippen LogP contribution in [-0.4, -0.2) is 26.8 Å². The molecule has 0 aliphatic carbocycles. The number of anilines is 2. The third-order valence-corrected chi connectivity index (χ3v) is 3.51. The fourth-order valence-corrected chi connectivity index (χ4v) is 2.25. The average molecular weight is 314 g/mol. The Morgan fingerprint density at radius 2 is 1.39 bits per heavy atom. The third kappa shape index (κ3) is 5.40. The summed E-state index contributed by atoms with van der Waals surface area (Å²) in [5.74, 6) is 1.77. The summed E-state index contributed by atoms with van der Waals surface area (Å²) in [5.41, 5.74) is 2.04. The SMILES string of the molecule is CCCCOc1ccccc1NCCNc1ccccc1OC. The Labute approximate surface area is 138 Å². The van der Waals surface area contributed by atoms with Crippen molar-refractivity contribution in [2.45, 2.75) is 19.8 Å². The fraction of sp³-hybridized carbons (Fsp3) is 0.368. The zero-order valence-electron chi connectivity index (χ0n) is 14.0. The Hall–Kier alpha value is -2.36. The number of rotatable bonds is 10. The molecule has 0 amide bonds. The van der Waals surface area contributed by atoms with Crippen LogP contribution in [0.3, 0.4) is 0 Å². The topological polar surface area (TPSA) is 42.5 Å². The Kier molecular flexibility index (Phi) is 7.11. The number of para-hydroxylation sites is 4. The predicted molar refractivity (Wildman–Crippen MR) is 96.8 cm³/mol. The van der Waals surface area contributed by atoms with Gasteiger partial charge in [-0.05, 0) is 30.7 Å². The first-order chi connectivity index (χ1) is 11.3. The van der Waals surface area contributed by atoms with Gasteiger partial charge in [-0.2, -0.15) is 0 Å². The van der Waals surface area contributed by atoms with Crippen LogP contribution in [0.25, 0.3) is 0 Å². The summed E-state index contributed by atoms with van der Waals surface area (Å²) in [4.78, 5) is 0. The highest BCUT2D eigenvalue weighted by atomic mass is 16.5. The van der Waals surface area contributed by atoms with Crippen molar-refractivity contribution in [2.75, 3.05) is 37.4 Å². The van der Waals surface area contributed by atoms with Crippen LogP contribution in [0.15, 0.2) is 48.5 Å². The molecule has 2 rings (SSSR count). The van der Waals surface area contributed by atoms with Gasteiger partial charge < -0.3 is 20.1 Å². The second-order valence-corrected chi connectivity index (χ2v) is 5.25. The standard InChI is InChI=1S/C19H26N2O2/c1-3-4-15-23-19-12-8-6-10-17(19)21-14-13-20-16-9-5-7-11-18(16)22-2/h5-12,20-21H,3-4,13-15H2,1-2H3. The molecule has 4 nitrogen and oxygen atoms in total. The van der Waals surface area contributed by atoms with Gasteiger partial charge in [0.05, 0.1) is 25.1 Å². The normalized spacial score (nSPS) is 10.2. The highest BCUT2D eigenvalue weighted by molar-refractivity contribution is 5.58. The number of methoxy groups -OCH3 is 1. The van der Waals surface area contributed by atoms with E-state index in [1.165, 1.54) is 0 Å². The molecule has 0 unspecified atom stereocenters. The summed E-state index contributed by atoms with van der Waals surface area (Å²) < 4.78 is 11.2. The molecule has 0 atom stereocenters. The summed E-state index contributed by atoms with van der Waals surface area (Å²) in [6.45, 7) is 4.52. The van der Waals surface area contributed by atoms with Crippen LogP contribution in [-0.2, 0) is 0 Å². The molecule has 2 aromatic rings. The van der Waals surface area contributed by atoms with Gasteiger partial charge in [0, 0.05) is 13.1 Å². The quantitative estimate of drug-likeness (QED) is 0.638. The fourth-order valence-electron chi connectivity index (χ4n) is 2.25. The van der Waals surface area contributed by atoms with Gasteiger partial charge in [-0.1, -0.05) is 37.6 Å². The van der Waals surface area contributed by atoms with Crippen molar-refractivity contribution in [3.05, 3.63) is 48.5 Å². The molecule has 124 valence electrons. The Morgan fingerprint density at radius 3 is 2.00 bits per heavy atom. The number of nitrogens with one attached hydrogen (secondary N) is 2. The van der Waals surface area contributed by atoms with Crippen LogP contribution in [0, 0.1) is 0 Å². The number of hydrogen-bond acceptors (Lipinski definition) is 4. The van der Waals surface area contributed by atoms with Gasteiger partial charge in [0.2, 0.25) is 0 Å². The number of unbranched alkanes of at least 4 members (excludes halogenated alkanes) is 1. The van der Waals surface area contributed by atoms with Crippen LogP contribution >= 0.6 is 0 Å². The van der Waals surface area contributed by atoms with Crippen molar-refractivity contribution >= 4 is 11.4 Å². The van der Waals surface area contributed by atoms with Crippen molar-refractivity contribution < 1.29 is 9.47 Å². The molecule has 0 fully saturated rings. The predicted octanol–water partition coefficient (Wildman–Crippen LogP) is 4.40. The smallest absolute Gasteiger partial charge is 0.142 e. The first-order valence-corrected chi connectivity index (χ1v) is 8.17. The maximum atomic E-state index is 5.83. The highest BCUT2D eigenvalue weighted by Crippen LogP contribution is 2.24. The van der Waals surface area contributed by atoms with Gasteiger partial charge in [-0.25, -0.2) is 0 Å². The molecule has 2 N–H and O–H groups in total. The van der Waals surface area contributed by atoms with Gasteiger partial charge in [0.25, 0.3) is 0 Å². The van der Waals surface area contributed by atoms with Gasteiger partial charge in [0.15, 0.2) is 0 Å². The van der Waals surface area contributed by atoms with Crippen LogP contribution in [0.2, 0.25) is 0 Å². The average Bonchev–Trinajstić information content (AvgIpc) is 2.60. The minimum absolute atomic E-state index is 0.759. The van der Waals surface area contributed by atoms with Crippen molar-refractivity contribution in [2.24, 2.45) is 0 Å². The van der Waals surface area contributed by atoms with Crippen molar-refractivity contribution in [3.8, 4) is 11.5 Å². The molecule has 0 saturated heterocycles. The molecular formula is C19H26N2O2. The van der Waals surface area contributed by atoms with Crippen LogP contribution in [0.5, 0.6) is 11.5 Å². The Morgan fingerprint density at radius 1 is 0.826 bits per heavy atom. The van der Waals surface area contributed by atoms with Crippen molar-refractivity contribution in [1.82, 2.24) is 0 Å². The van der Waals surface area contributed by atoms with Crippen LogP contribution in [0.4, 0.5) is 11.4 Å². The summed E-state index contributed by atoms with van der Waals surface area (Å²) >= 11 is 0. The van der Waals surface area contributed by atoms with E-state index >= 15 is 0 Å². The lowest BCUT2D eigenvalue weighted by molar-refractivity contribution is 0.311. The Balaban J connectivity index is 1.82. The molecule has 0 aromatic heterocycles. The first kappa shape index (κ1) is 17.0. The summed E-state index contributed by atoms with van der Waals surface area (Å²) in [6.07, 6.45) is 2.21. The van der Waals surface area contributed by atoms with E-state index in [9.17, 15) is 0 Å². The number of hydrogen-bond donors (Lipinski definition) is 2. The lowest BCUT2D eigenvalue weighted by Gasteiger charge is -2.14.